The number of hydrogen-bond acceptors (Lipinski definition) is 3. The van der Waals surface area contributed by atoms with Crippen LogP contribution in [0, 0.1) is 5.92 Å². The van der Waals surface area contributed by atoms with Crippen LogP contribution in [0.3, 0.4) is 0 Å². The minimum atomic E-state index is -0.529. The van der Waals surface area contributed by atoms with Crippen LogP contribution in [0.25, 0.3) is 0 Å². The van der Waals surface area contributed by atoms with Crippen molar-refractivity contribution in [2.24, 2.45) is 5.92 Å². The second kappa shape index (κ2) is 9.06. The zero-order valence-electron chi connectivity index (χ0n) is 16.5. The van der Waals surface area contributed by atoms with Crippen molar-refractivity contribution in [1.29, 1.82) is 0 Å². The van der Waals surface area contributed by atoms with Crippen LogP contribution < -0.4 is 5.32 Å². The molecule has 2 amide bonds. The lowest BCUT2D eigenvalue weighted by molar-refractivity contribution is -0.120. The first-order valence-corrected chi connectivity index (χ1v) is 9.67. The van der Waals surface area contributed by atoms with Crippen LogP contribution in [-0.4, -0.2) is 29.0 Å². The lowest BCUT2D eigenvalue weighted by Crippen LogP contribution is -2.36. The SMILES string of the molecule is CCN(Cc1ccccc1NC(=O)C1CCCCC1)C(=O)OC(C)(C)C. The maximum atomic E-state index is 12.6. The molecule has 1 aliphatic carbocycles. The molecule has 1 N–H and O–H groups in total. The van der Waals surface area contributed by atoms with Gasteiger partial charge in [0.15, 0.2) is 0 Å². The monoisotopic (exact) mass is 360 g/mol. The fourth-order valence-corrected chi connectivity index (χ4v) is 3.22. The van der Waals surface area contributed by atoms with Crippen LogP contribution in [-0.2, 0) is 16.1 Å². The Bertz CT molecular complexity index is 616. The largest absolute Gasteiger partial charge is 0.444 e. The van der Waals surface area contributed by atoms with Gasteiger partial charge in [-0.2, -0.15) is 0 Å². The number of rotatable bonds is 5. The highest BCUT2D eigenvalue weighted by Gasteiger charge is 2.24. The Labute approximate surface area is 157 Å². The Morgan fingerprint density at radius 1 is 1.15 bits per heavy atom. The second-order valence-corrected chi connectivity index (χ2v) is 7.98. The van der Waals surface area contributed by atoms with E-state index in [1.165, 1.54) is 6.42 Å². The van der Waals surface area contributed by atoms with Crippen molar-refractivity contribution < 1.29 is 14.3 Å². The molecular weight excluding hydrogens is 328 g/mol. The van der Waals surface area contributed by atoms with E-state index in [-0.39, 0.29) is 17.9 Å². The summed E-state index contributed by atoms with van der Waals surface area (Å²) in [6, 6.07) is 7.68. The van der Waals surface area contributed by atoms with E-state index in [0.717, 1.165) is 36.9 Å². The van der Waals surface area contributed by atoms with Gasteiger partial charge in [0.05, 0.1) is 6.54 Å². The molecule has 1 fully saturated rings. The fraction of sp³-hybridized carbons (Fsp3) is 0.619. The summed E-state index contributed by atoms with van der Waals surface area (Å²) in [6.45, 7) is 8.45. The van der Waals surface area contributed by atoms with Gasteiger partial charge in [-0.15, -0.1) is 0 Å². The molecule has 26 heavy (non-hydrogen) atoms. The number of carbonyl (C=O) groups is 2. The van der Waals surface area contributed by atoms with Gasteiger partial charge in [0.25, 0.3) is 0 Å². The maximum absolute atomic E-state index is 12.6. The van der Waals surface area contributed by atoms with Gasteiger partial charge in [0, 0.05) is 18.2 Å². The lowest BCUT2D eigenvalue weighted by atomic mass is 9.88. The van der Waals surface area contributed by atoms with Crippen molar-refractivity contribution in [3.8, 4) is 0 Å². The minimum absolute atomic E-state index is 0.0949. The Balaban J connectivity index is 2.07. The molecule has 0 radical (unpaired) electrons. The van der Waals surface area contributed by atoms with Gasteiger partial charge < -0.3 is 15.0 Å². The zero-order valence-corrected chi connectivity index (χ0v) is 16.5. The predicted molar refractivity (Wildman–Crippen MR) is 104 cm³/mol. The number of hydrogen-bond donors (Lipinski definition) is 1. The van der Waals surface area contributed by atoms with E-state index >= 15 is 0 Å². The molecule has 1 saturated carbocycles. The molecule has 1 aromatic carbocycles. The first kappa shape index (κ1) is 20.3. The maximum Gasteiger partial charge on any atom is 0.410 e. The Hall–Kier alpha value is -2.04. The lowest BCUT2D eigenvalue weighted by Gasteiger charge is -2.27. The Morgan fingerprint density at radius 2 is 1.81 bits per heavy atom. The minimum Gasteiger partial charge on any atom is -0.444 e. The Morgan fingerprint density at radius 3 is 2.42 bits per heavy atom. The number of ether oxygens (including phenoxy) is 1. The molecule has 1 aliphatic rings. The molecule has 0 heterocycles. The molecule has 0 atom stereocenters. The molecule has 0 unspecified atom stereocenters. The van der Waals surface area contributed by atoms with E-state index < -0.39 is 5.60 Å². The van der Waals surface area contributed by atoms with Crippen LogP contribution in [0.2, 0.25) is 0 Å². The van der Waals surface area contributed by atoms with E-state index in [4.69, 9.17) is 4.74 Å². The number of nitrogens with zero attached hydrogens (tertiary/aromatic N) is 1. The summed E-state index contributed by atoms with van der Waals surface area (Å²) >= 11 is 0. The van der Waals surface area contributed by atoms with E-state index in [2.05, 4.69) is 5.32 Å². The molecule has 1 aromatic rings. The summed E-state index contributed by atoms with van der Waals surface area (Å²) in [4.78, 5) is 26.6. The molecule has 0 bridgehead atoms. The number of amides is 2. The predicted octanol–water partition coefficient (Wildman–Crippen LogP) is 4.96. The first-order chi connectivity index (χ1) is 12.3. The zero-order chi connectivity index (χ0) is 19.2. The number of nitrogens with one attached hydrogen (secondary N) is 1. The van der Waals surface area contributed by atoms with Crippen molar-refractivity contribution >= 4 is 17.7 Å². The van der Waals surface area contributed by atoms with Crippen molar-refractivity contribution in [2.75, 3.05) is 11.9 Å². The highest BCUT2D eigenvalue weighted by Crippen LogP contribution is 2.26. The van der Waals surface area contributed by atoms with Gasteiger partial charge in [0.2, 0.25) is 5.91 Å². The third-order valence-electron chi connectivity index (χ3n) is 4.65. The van der Waals surface area contributed by atoms with E-state index in [0.29, 0.717) is 13.1 Å². The van der Waals surface area contributed by atoms with Crippen molar-refractivity contribution in [3.63, 3.8) is 0 Å². The summed E-state index contributed by atoms with van der Waals surface area (Å²) in [5.41, 5.74) is 1.17. The van der Waals surface area contributed by atoms with Gasteiger partial charge in [-0.05, 0) is 52.2 Å². The van der Waals surface area contributed by atoms with Gasteiger partial charge in [-0.25, -0.2) is 4.79 Å². The van der Waals surface area contributed by atoms with Crippen LogP contribution in [0.5, 0.6) is 0 Å². The smallest absolute Gasteiger partial charge is 0.410 e. The average molecular weight is 360 g/mol. The summed E-state index contributed by atoms with van der Waals surface area (Å²) in [6.07, 6.45) is 5.07. The molecule has 0 aliphatic heterocycles. The third-order valence-corrected chi connectivity index (χ3v) is 4.65. The molecule has 2 rings (SSSR count). The Kier molecular flexibility index (Phi) is 7.06. The number of carbonyl (C=O) groups excluding carboxylic acids is 2. The highest BCUT2D eigenvalue weighted by atomic mass is 16.6. The molecule has 0 spiro atoms. The number of benzene rings is 1. The van der Waals surface area contributed by atoms with Crippen molar-refractivity contribution in [1.82, 2.24) is 4.90 Å². The van der Waals surface area contributed by atoms with E-state index in [1.807, 2.05) is 52.0 Å². The van der Waals surface area contributed by atoms with E-state index in [9.17, 15) is 9.59 Å². The van der Waals surface area contributed by atoms with Gasteiger partial charge in [-0.1, -0.05) is 37.5 Å². The van der Waals surface area contributed by atoms with Gasteiger partial charge in [0.1, 0.15) is 5.60 Å². The third kappa shape index (κ3) is 6.04. The molecule has 0 aromatic heterocycles. The van der Waals surface area contributed by atoms with Crippen molar-refractivity contribution in [3.05, 3.63) is 29.8 Å². The van der Waals surface area contributed by atoms with Crippen LogP contribution >= 0.6 is 0 Å². The van der Waals surface area contributed by atoms with E-state index in [1.54, 1.807) is 4.90 Å². The molecule has 5 heteroatoms. The van der Waals surface area contributed by atoms with Crippen LogP contribution in [0.4, 0.5) is 10.5 Å². The van der Waals surface area contributed by atoms with Crippen LogP contribution in [0.15, 0.2) is 24.3 Å². The number of para-hydroxylation sites is 1. The summed E-state index contributed by atoms with van der Waals surface area (Å²) in [7, 11) is 0. The summed E-state index contributed by atoms with van der Waals surface area (Å²) in [5.74, 6) is 0.197. The quantitative estimate of drug-likeness (QED) is 0.807. The summed E-state index contributed by atoms with van der Waals surface area (Å²) in [5, 5.41) is 3.08. The van der Waals surface area contributed by atoms with Crippen LogP contribution in [0.1, 0.15) is 65.4 Å². The molecule has 144 valence electrons. The topological polar surface area (TPSA) is 58.6 Å². The normalized spacial score (nSPS) is 15.4. The average Bonchev–Trinajstić information content (AvgIpc) is 2.60. The fourth-order valence-electron chi connectivity index (χ4n) is 3.22. The number of anilines is 1. The highest BCUT2D eigenvalue weighted by molar-refractivity contribution is 5.93. The molecule has 0 saturated heterocycles. The summed E-state index contributed by atoms with van der Waals surface area (Å²) < 4.78 is 5.48. The molecule has 5 nitrogen and oxygen atoms in total. The van der Waals surface area contributed by atoms with Gasteiger partial charge >= 0.3 is 6.09 Å². The standard InChI is InChI=1S/C21H32N2O3/c1-5-23(20(25)26-21(2,3)4)15-17-13-9-10-14-18(17)22-19(24)16-11-7-6-8-12-16/h9-10,13-14,16H,5-8,11-12,15H2,1-4H3,(H,22,24). The molecular formula is C21H32N2O3. The van der Waals surface area contributed by atoms with Crippen molar-refractivity contribution in [2.45, 2.75) is 71.9 Å². The van der Waals surface area contributed by atoms with Gasteiger partial charge in [-0.3, -0.25) is 4.79 Å². The first-order valence-electron chi connectivity index (χ1n) is 9.67. The second-order valence-electron chi connectivity index (χ2n) is 7.98.